The summed E-state index contributed by atoms with van der Waals surface area (Å²) in [6, 6.07) is 6.45. The Labute approximate surface area is 105 Å². The van der Waals surface area contributed by atoms with E-state index in [9.17, 15) is 4.39 Å². The molecule has 3 nitrogen and oxygen atoms in total. The van der Waals surface area contributed by atoms with Gasteiger partial charge in [-0.1, -0.05) is 12.1 Å². The van der Waals surface area contributed by atoms with Crippen molar-refractivity contribution in [3.05, 3.63) is 42.5 Å². The molecule has 0 N–H and O–H groups in total. The zero-order valence-corrected chi connectivity index (χ0v) is 10.0. The van der Waals surface area contributed by atoms with E-state index in [0.29, 0.717) is 0 Å². The summed E-state index contributed by atoms with van der Waals surface area (Å²) >= 11 is 0. The van der Waals surface area contributed by atoms with Crippen LogP contribution >= 0.6 is 0 Å². The molecule has 0 saturated carbocycles. The largest absolute Gasteiger partial charge is 0.355 e. The third-order valence-electron chi connectivity index (χ3n) is 3.17. The highest BCUT2D eigenvalue weighted by atomic mass is 19.1. The summed E-state index contributed by atoms with van der Waals surface area (Å²) < 4.78 is 13.2. The summed E-state index contributed by atoms with van der Waals surface area (Å²) in [7, 11) is 0. The SMILES string of the molecule is Fc1cccc(-c2cncc(N3CCCC3)n2)c1. The van der Waals surface area contributed by atoms with Crippen LogP contribution in [0, 0.1) is 5.82 Å². The summed E-state index contributed by atoms with van der Waals surface area (Å²) in [6.45, 7) is 2.06. The molecule has 0 radical (unpaired) electrons. The highest BCUT2D eigenvalue weighted by Crippen LogP contribution is 2.22. The minimum absolute atomic E-state index is 0.249. The second-order valence-corrected chi connectivity index (χ2v) is 4.47. The van der Waals surface area contributed by atoms with E-state index in [1.54, 1.807) is 18.5 Å². The second-order valence-electron chi connectivity index (χ2n) is 4.47. The molecule has 0 spiro atoms. The molecule has 1 aliphatic heterocycles. The van der Waals surface area contributed by atoms with Crippen molar-refractivity contribution in [1.82, 2.24) is 9.97 Å². The molecule has 0 amide bonds. The van der Waals surface area contributed by atoms with Gasteiger partial charge in [-0.25, -0.2) is 9.37 Å². The van der Waals surface area contributed by atoms with Crippen molar-refractivity contribution in [2.24, 2.45) is 0 Å². The number of halogens is 1. The Morgan fingerprint density at radius 2 is 1.94 bits per heavy atom. The van der Waals surface area contributed by atoms with Crippen molar-refractivity contribution in [1.29, 1.82) is 0 Å². The van der Waals surface area contributed by atoms with E-state index in [2.05, 4.69) is 14.9 Å². The van der Waals surface area contributed by atoms with Gasteiger partial charge in [0.15, 0.2) is 0 Å². The predicted molar refractivity (Wildman–Crippen MR) is 68.9 cm³/mol. The Balaban J connectivity index is 1.95. The molecule has 1 fully saturated rings. The molecule has 1 aromatic carbocycles. The Morgan fingerprint density at radius 3 is 2.72 bits per heavy atom. The van der Waals surface area contributed by atoms with Gasteiger partial charge in [-0.3, -0.25) is 4.98 Å². The minimum Gasteiger partial charge on any atom is -0.355 e. The van der Waals surface area contributed by atoms with Crippen LogP contribution in [-0.4, -0.2) is 23.1 Å². The highest BCUT2D eigenvalue weighted by Gasteiger charge is 2.14. The van der Waals surface area contributed by atoms with E-state index in [4.69, 9.17) is 0 Å². The fourth-order valence-corrected chi connectivity index (χ4v) is 2.24. The van der Waals surface area contributed by atoms with Crippen molar-refractivity contribution >= 4 is 5.82 Å². The summed E-state index contributed by atoms with van der Waals surface area (Å²) in [5, 5.41) is 0. The van der Waals surface area contributed by atoms with Crippen LogP contribution in [0.2, 0.25) is 0 Å². The number of anilines is 1. The van der Waals surface area contributed by atoms with Crippen LogP contribution in [0.1, 0.15) is 12.8 Å². The molecule has 3 rings (SSSR count). The highest BCUT2D eigenvalue weighted by molar-refractivity contribution is 5.60. The van der Waals surface area contributed by atoms with Gasteiger partial charge in [0, 0.05) is 18.7 Å². The Bertz CT molecular complexity index is 550. The quantitative estimate of drug-likeness (QED) is 0.812. The number of rotatable bonds is 2. The summed E-state index contributed by atoms with van der Waals surface area (Å²) in [4.78, 5) is 11.0. The van der Waals surface area contributed by atoms with Gasteiger partial charge in [0.1, 0.15) is 11.6 Å². The molecule has 92 valence electrons. The molecular weight excluding hydrogens is 229 g/mol. The first kappa shape index (κ1) is 11.1. The third-order valence-corrected chi connectivity index (χ3v) is 3.17. The van der Waals surface area contributed by atoms with Crippen molar-refractivity contribution in [2.75, 3.05) is 18.0 Å². The number of benzene rings is 1. The maximum Gasteiger partial charge on any atom is 0.147 e. The van der Waals surface area contributed by atoms with Crippen LogP contribution in [0.15, 0.2) is 36.7 Å². The lowest BCUT2D eigenvalue weighted by Crippen LogP contribution is -2.19. The number of hydrogen-bond donors (Lipinski definition) is 0. The predicted octanol–water partition coefficient (Wildman–Crippen LogP) is 2.88. The first-order valence-corrected chi connectivity index (χ1v) is 6.16. The zero-order valence-electron chi connectivity index (χ0n) is 10.0. The summed E-state index contributed by atoms with van der Waals surface area (Å²) in [5.74, 6) is 0.634. The monoisotopic (exact) mass is 243 g/mol. The first-order valence-electron chi connectivity index (χ1n) is 6.16. The molecule has 0 bridgehead atoms. The molecule has 0 atom stereocenters. The van der Waals surface area contributed by atoms with Gasteiger partial charge in [-0.05, 0) is 25.0 Å². The normalized spacial score (nSPS) is 15.1. The van der Waals surface area contributed by atoms with Gasteiger partial charge in [0.2, 0.25) is 0 Å². The van der Waals surface area contributed by atoms with Crippen LogP contribution in [-0.2, 0) is 0 Å². The number of hydrogen-bond acceptors (Lipinski definition) is 3. The van der Waals surface area contributed by atoms with Gasteiger partial charge in [0.25, 0.3) is 0 Å². The lowest BCUT2D eigenvalue weighted by molar-refractivity contribution is 0.628. The second kappa shape index (κ2) is 4.72. The van der Waals surface area contributed by atoms with Gasteiger partial charge in [-0.15, -0.1) is 0 Å². The van der Waals surface area contributed by atoms with Crippen LogP contribution < -0.4 is 4.90 Å². The van der Waals surface area contributed by atoms with E-state index >= 15 is 0 Å². The van der Waals surface area contributed by atoms with E-state index in [1.807, 2.05) is 6.07 Å². The summed E-state index contributed by atoms with van der Waals surface area (Å²) in [6.07, 6.45) is 5.85. The average Bonchev–Trinajstić information content (AvgIpc) is 2.93. The van der Waals surface area contributed by atoms with Crippen molar-refractivity contribution < 1.29 is 4.39 Å². The molecule has 1 aliphatic rings. The standard InChI is InChI=1S/C14H14FN3/c15-12-5-3-4-11(8-12)13-9-16-10-14(17-13)18-6-1-2-7-18/h3-5,8-10H,1-2,6-7H2. The Morgan fingerprint density at radius 1 is 1.11 bits per heavy atom. The minimum atomic E-state index is -0.249. The van der Waals surface area contributed by atoms with Crippen LogP contribution in [0.5, 0.6) is 0 Å². The van der Waals surface area contributed by atoms with E-state index in [1.165, 1.54) is 25.0 Å². The van der Waals surface area contributed by atoms with Crippen LogP contribution in [0.25, 0.3) is 11.3 Å². The molecule has 1 saturated heterocycles. The zero-order chi connectivity index (χ0) is 12.4. The van der Waals surface area contributed by atoms with E-state index in [-0.39, 0.29) is 5.82 Å². The molecule has 2 aromatic rings. The molecular formula is C14H14FN3. The third kappa shape index (κ3) is 2.18. The Kier molecular flexibility index (Phi) is 2.92. The Hall–Kier alpha value is -1.97. The van der Waals surface area contributed by atoms with Crippen molar-refractivity contribution in [2.45, 2.75) is 12.8 Å². The fraction of sp³-hybridized carbons (Fsp3) is 0.286. The van der Waals surface area contributed by atoms with Crippen LogP contribution in [0.3, 0.4) is 0 Å². The average molecular weight is 243 g/mol. The number of aromatic nitrogens is 2. The van der Waals surface area contributed by atoms with Gasteiger partial charge in [-0.2, -0.15) is 0 Å². The van der Waals surface area contributed by atoms with Crippen molar-refractivity contribution in [3.63, 3.8) is 0 Å². The summed E-state index contributed by atoms with van der Waals surface area (Å²) in [5.41, 5.74) is 1.49. The van der Waals surface area contributed by atoms with Gasteiger partial charge in [0.05, 0.1) is 18.1 Å². The lowest BCUT2D eigenvalue weighted by Gasteiger charge is -2.16. The maximum atomic E-state index is 13.2. The van der Waals surface area contributed by atoms with Gasteiger partial charge < -0.3 is 4.90 Å². The lowest BCUT2D eigenvalue weighted by atomic mass is 10.1. The molecule has 2 heterocycles. The molecule has 0 unspecified atom stereocenters. The van der Waals surface area contributed by atoms with Crippen LogP contribution in [0.4, 0.5) is 10.2 Å². The van der Waals surface area contributed by atoms with E-state index < -0.39 is 0 Å². The number of nitrogens with zero attached hydrogens (tertiary/aromatic N) is 3. The maximum absolute atomic E-state index is 13.2. The molecule has 4 heteroatoms. The fourth-order valence-electron chi connectivity index (χ4n) is 2.24. The van der Waals surface area contributed by atoms with Crippen molar-refractivity contribution in [3.8, 4) is 11.3 Å². The first-order chi connectivity index (χ1) is 8.83. The van der Waals surface area contributed by atoms with Gasteiger partial charge >= 0.3 is 0 Å². The molecule has 0 aliphatic carbocycles. The topological polar surface area (TPSA) is 29.0 Å². The smallest absolute Gasteiger partial charge is 0.147 e. The molecule has 18 heavy (non-hydrogen) atoms. The van der Waals surface area contributed by atoms with E-state index in [0.717, 1.165) is 30.2 Å². The molecule has 1 aromatic heterocycles.